The van der Waals surface area contributed by atoms with E-state index in [0.717, 1.165) is 56.0 Å². The van der Waals surface area contributed by atoms with Crippen molar-refractivity contribution < 1.29 is 9.47 Å². The van der Waals surface area contributed by atoms with Crippen LogP contribution in [0.3, 0.4) is 0 Å². The Hall–Kier alpha value is -2.32. The van der Waals surface area contributed by atoms with Crippen LogP contribution >= 0.6 is 12.2 Å². The zero-order valence-corrected chi connectivity index (χ0v) is 18.7. The molecule has 7 nitrogen and oxygen atoms in total. The lowest BCUT2D eigenvalue weighted by Gasteiger charge is -2.15. The van der Waals surface area contributed by atoms with E-state index in [2.05, 4.69) is 46.1 Å². The van der Waals surface area contributed by atoms with E-state index in [1.165, 1.54) is 0 Å². The van der Waals surface area contributed by atoms with Crippen LogP contribution < -0.4 is 20.1 Å². The van der Waals surface area contributed by atoms with Gasteiger partial charge in [0.25, 0.3) is 0 Å². The van der Waals surface area contributed by atoms with E-state index in [0.29, 0.717) is 17.5 Å². The number of aryl methyl sites for hydroxylation is 2. The lowest BCUT2D eigenvalue weighted by atomic mass is 10.2. The average Bonchev–Trinajstić information content (AvgIpc) is 3.10. The maximum Gasteiger partial charge on any atom is 0.170 e. The van der Waals surface area contributed by atoms with Gasteiger partial charge in [0.2, 0.25) is 0 Å². The molecule has 1 aromatic carbocycles. The molecule has 2 N–H and O–H groups in total. The van der Waals surface area contributed by atoms with Gasteiger partial charge in [-0.1, -0.05) is 0 Å². The Balaban J connectivity index is 1.73. The number of imidazole rings is 1. The molecule has 0 saturated heterocycles. The summed E-state index contributed by atoms with van der Waals surface area (Å²) in [6.45, 7) is 5.49. The maximum absolute atomic E-state index is 5.87. The fourth-order valence-corrected chi connectivity index (χ4v) is 3.04. The van der Waals surface area contributed by atoms with Crippen LogP contribution in [0.1, 0.15) is 25.0 Å². The summed E-state index contributed by atoms with van der Waals surface area (Å²) < 4.78 is 13.5. The van der Waals surface area contributed by atoms with Crippen LogP contribution in [-0.4, -0.2) is 60.5 Å². The molecule has 0 aliphatic rings. The molecule has 8 heteroatoms. The van der Waals surface area contributed by atoms with Gasteiger partial charge in [-0.15, -0.1) is 0 Å². The minimum Gasteiger partial charge on any atom is -0.493 e. The third-order valence-corrected chi connectivity index (χ3v) is 4.71. The van der Waals surface area contributed by atoms with Gasteiger partial charge in [0, 0.05) is 36.7 Å². The van der Waals surface area contributed by atoms with E-state index in [9.17, 15) is 0 Å². The summed E-state index contributed by atoms with van der Waals surface area (Å²) in [5.41, 5.74) is 2.03. The topological polar surface area (TPSA) is 63.6 Å². The van der Waals surface area contributed by atoms with E-state index in [4.69, 9.17) is 21.7 Å². The third kappa shape index (κ3) is 8.29. The quantitative estimate of drug-likeness (QED) is 0.404. The highest BCUT2D eigenvalue weighted by atomic mass is 32.1. The predicted molar refractivity (Wildman–Crippen MR) is 122 cm³/mol. The molecule has 0 unspecified atom stereocenters. The molecule has 0 bridgehead atoms. The summed E-state index contributed by atoms with van der Waals surface area (Å²) in [5.74, 6) is 1.44. The van der Waals surface area contributed by atoms with Gasteiger partial charge in [0.05, 0.1) is 20.0 Å². The zero-order valence-electron chi connectivity index (χ0n) is 17.9. The van der Waals surface area contributed by atoms with E-state index < -0.39 is 0 Å². The molecule has 0 atom stereocenters. The lowest BCUT2D eigenvalue weighted by Crippen LogP contribution is -2.29. The highest BCUT2D eigenvalue weighted by molar-refractivity contribution is 7.80. The van der Waals surface area contributed by atoms with Gasteiger partial charge in [-0.2, -0.15) is 0 Å². The van der Waals surface area contributed by atoms with Crippen LogP contribution in [0, 0.1) is 6.92 Å². The van der Waals surface area contributed by atoms with Crippen molar-refractivity contribution in [3.05, 3.63) is 36.4 Å². The molecule has 0 fully saturated rings. The first-order valence-corrected chi connectivity index (χ1v) is 10.4. The lowest BCUT2D eigenvalue weighted by molar-refractivity contribution is 0.277. The number of thiocarbonyl (C=S) groups is 1. The van der Waals surface area contributed by atoms with E-state index in [1.807, 2.05) is 30.7 Å². The Kier molecular flexibility index (Phi) is 9.73. The Morgan fingerprint density at radius 2 is 2.03 bits per heavy atom. The summed E-state index contributed by atoms with van der Waals surface area (Å²) in [5, 5.41) is 7.02. The summed E-state index contributed by atoms with van der Waals surface area (Å²) >= 11 is 5.39. The summed E-state index contributed by atoms with van der Waals surface area (Å²) in [7, 11) is 5.80. The monoisotopic (exact) mass is 419 g/mol. The van der Waals surface area contributed by atoms with E-state index in [1.54, 1.807) is 7.11 Å². The molecule has 160 valence electrons. The number of benzene rings is 1. The van der Waals surface area contributed by atoms with Crippen molar-refractivity contribution in [2.24, 2.45) is 0 Å². The first kappa shape index (κ1) is 23.0. The molecule has 0 radical (unpaired) electrons. The second kappa shape index (κ2) is 12.3. The average molecular weight is 420 g/mol. The number of aromatic nitrogens is 2. The molecule has 2 rings (SSSR count). The second-order valence-electron chi connectivity index (χ2n) is 7.19. The normalized spacial score (nSPS) is 10.8. The molecule has 1 aromatic heterocycles. The fourth-order valence-electron chi connectivity index (χ4n) is 2.82. The van der Waals surface area contributed by atoms with Crippen LogP contribution in [-0.2, 0) is 6.54 Å². The zero-order chi connectivity index (χ0) is 21.1. The number of rotatable bonds is 12. The Bertz CT molecular complexity index is 763. The first-order chi connectivity index (χ1) is 14.0. The molecule has 2 aromatic rings. The minimum atomic E-state index is 0.590. The van der Waals surface area contributed by atoms with Crippen LogP contribution in [0.4, 0.5) is 5.69 Å². The maximum atomic E-state index is 5.87. The molecule has 0 aliphatic heterocycles. The van der Waals surface area contributed by atoms with Crippen molar-refractivity contribution in [1.29, 1.82) is 0 Å². The van der Waals surface area contributed by atoms with Gasteiger partial charge in [0.15, 0.2) is 16.6 Å². The van der Waals surface area contributed by atoms with Gasteiger partial charge < -0.3 is 29.6 Å². The largest absolute Gasteiger partial charge is 0.493 e. The Morgan fingerprint density at radius 3 is 2.72 bits per heavy atom. The summed E-state index contributed by atoms with van der Waals surface area (Å²) in [6.07, 6.45) is 6.79. The van der Waals surface area contributed by atoms with Crippen molar-refractivity contribution in [2.75, 3.05) is 46.2 Å². The Morgan fingerprint density at radius 1 is 1.21 bits per heavy atom. The Labute approximate surface area is 179 Å². The third-order valence-electron chi connectivity index (χ3n) is 4.46. The highest BCUT2D eigenvalue weighted by Crippen LogP contribution is 2.30. The summed E-state index contributed by atoms with van der Waals surface area (Å²) in [4.78, 5) is 6.31. The number of hydrogen-bond donors (Lipinski definition) is 2. The van der Waals surface area contributed by atoms with Crippen LogP contribution in [0.2, 0.25) is 0 Å². The number of anilines is 1. The number of unbranched alkanes of at least 4 members (excludes halogenated alkanes) is 1. The van der Waals surface area contributed by atoms with Crippen molar-refractivity contribution in [2.45, 2.75) is 32.7 Å². The van der Waals surface area contributed by atoms with Crippen molar-refractivity contribution >= 4 is 23.0 Å². The smallest absolute Gasteiger partial charge is 0.170 e. The fraction of sp³-hybridized carbons (Fsp3) is 0.524. The van der Waals surface area contributed by atoms with Crippen LogP contribution in [0.5, 0.6) is 11.5 Å². The number of hydrogen-bond acceptors (Lipinski definition) is 5. The molecule has 1 heterocycles. The number of methoxy groups -OCH3 is 1. The van der Waals surface area contributed by atoms with Crippen molar-refractivity contribution in [1.82, 2.24) is 19.8 Å². The van der Waals surface area contributed by atoms with Crippen molar-refractivity contribution in [3.63, 3.8) is 0 Å². The van der Waals surface area contributed by atoms with Gasteiger partial charge in [0.1, 0.15) is 0 Å². The van der Waals surface area contributed by atoms with Gasteiger partial charge in [-0.05, 0) is 71.2 Å². The van der Waals surface area contributed by atoms with Gasteiger partial charge in [-0.3, -0.25) is 0 Å². The standard InChI is InChI=1S/C21H33N5O2S/c1-17-15-22-16-26(17)12-7-10-23-21(29)24-18-8-9-19(20(14-18)27-4)28-13-6-5-11-25(2)3/h8-9,14-16H,5-7,10-13H2,1-4H3,(H2,23,24,29). The van der Waals surface area contributed by atoms with Gasteiger partial charge in [-0.25, -0.2) is 4.98 Å². The highest BCUT2D eigenvalue weighted by Gasteiger charge is 2.07. The van der Waals surface area contributed by atoms with E-state index >= 15 is 0 Å². The molecule has 0 saturated carbocycles. The van der Waals surface area contributed by atoms with Crippen LogP contribution in [0.25, 0.3) is 0 Å². The number of nitrogens with zero attached hydrogens (tertiary/aromatic N) is 3. The van der Waals surface area contributed by atoms with Gasteiger partial charge >= 0.3 is 0 Å². The number of nitrogens with one attached hydrogen (secondary N) is 2. The van der Waals surface area contributed by atoms with Crippen LogP contribution in [0.15, 0.2) is 30.7 Å². The molecular weight excluding hydrogens is 386 g/mol. The number of ether oxygens (including phenoxy) is 2. The van der Waals surface area contributed by atoms with Crippen molar-refractivity contribution in [3.8, 4) is 11.5 Å². The molecular formula is C21H33N5O2S. The molecule has 29 heavy (non-hydrogen) atoms. The molecule has 0 spiro atoms. The van der Waals surface area contributed by atoms with E-state index in [-0.39, 0.29) is 0 Å². The first-order valence-electron chi connectivity index (χ1n) is 9.96. The second-order valence-corrected chi connectivity index (χ2v) is 7.60. The molecule has 0 amide bonds. The predicted octanol–water partition coefficient (Wildman–Crippen LogP) is 3.30. The summed E-state index contributed by atoms with van der Waals surface area (Å²) in [6, 6.07) is 5.76. The SMILES string of the molecule is COc1cc(NC(=S)NCCCn2cncc2C)ccc1OCCCCN(C)C. The minimum absolute atomic E-state index is 0.590. The molecule has 0 aliphatic carbocycles.